The van der Waals surface area contributed by atoms with Crippen LogP contribution in [-0.4, -0.2) is 16.7 Å². The monoisotopic (exact) mass is 282 g/mol. The summed E-state index contributed by atoms with van der Waals surface area (Å²) in [5, 5.41) is -0.194. The van der Waals surface area contributed by atoms with Gasteiger partial charge in [0.15, 0.2) is 11.6 Å². The number of halogens is 2. The van der Waals surface area contributed by atoms with Crippen molar-refractivity contribution in [1.82, 2.24) is 9.55 Å². The summed E-state index contributed by atoms with van der Waals surface area (Å²) < 4.78 is 20.9. The number of imidazole rings is 1. The smallest absolute Gasteiger partial charge is 0.167 e. The average molecular weight is 283 g/mol. The topological polar surface area (TPSA) is 27.1 Å². The van der Waals surface area contributed by atoms with Crippen molar-refractivity contribution in [3.8, 4) is 5.75 Å². The summed E-state index contributed by atoms with van der Waals surface area (Å²) in [5.74, 6) is 1.36. The molecule has 1 aliphatic carbocycles. The molecule has 19 heavy (non-hydrogen) atoms. The van der Waals surface area contributed by atoms with Gasteiger partial charge in [0, 0.05) is 18.7 Å². The Balaban J connectivity index is 2.18. The summed E-state index contributed by atoms with van der Waals surface area (Å²) in [7, 11) is 1.47. The Morgan fingerprint density at radius 1 is 1.53 bits per heavy atom. The van der Waals surface area contributed by atoms with E-state index in [1.54, 1.807) is 6.07 Å². The molecule has 1 saturated carbocycles. The quantitative estimate of drug-likeness (QED) is 0.796. The molecule has 0 saturated heterocycles. The van der Waals surface area contributed by atoms with Crippen molar-refractivity contribution < 1.29 is 9.13 Å². The number of aromatic nitrogens is 2. The number of alkyl halides is 1. The highest BCUT2D eigenvalue weighted by molar-refractivity contribution is 6.20. The minimum atomic E-state index is -0.389. The lowest BCUT2D eigenvalue weighted by Gasteiger charge is -2.10. The first-order chi connectivity index (χ1) is 9.10. The maximum absolute atomic E-state index is 13.7. The normalized spacial score (nSPS) is 16.8. The molecule has 1 atom stereocenters. The molecule has 1 aliphatic rings. The average Bonchev–Trinajstić information content (AvgIpc) is 3.11. The van der Waals surface area contributed by atoms with E-state index in [1.165, 1.54) is 26.0 Å². The van der Waals surface area contributed by atoms with Crippen LogP contribution in [0.2, 0.25) is 0 Å². The third kappa shape index (κ3) is 2.29. The summed E-state index contributed by atoms with van der Waals surface area (Å²) in [6, 6.07) is 3.13. The van der Waals surface area contributed by atoms with E-state index < -0.39 is 0 Å². The van der Waals surface area contributed by atoms with Gasteiger partial charge >= 0.3 is 0 Å². The summed E-state index contributed by atoms with van der Waals surface area (Å²) in [6.45, 7) is 2.79. The number of benzene rings is 1. The van der Waals surface area contributed by atoms with Gasteiger partial charge in [0.2, 0.25) is 0 Å². The van der Waals surface area contributed by atoms with Gasteiger partial charge in [-0.1, -0.05) is 0 Å². The van der Waals surface area contributed by atoms with Gasteiger partial charge in [-0.15, -0.1) is 11.6 Å². The van der Waals surface area contributed by atoms with Gasteiger partial charge in [-0.25, -0.2) is 9.37 Å². The van der Waals surface area contributed by atoms with E-state index in [9.17, 15) is 4.39 Å². The van der Waals surface area contributed by atoms with Crippen molar-refractivity contribution in [2.75, 3.05) is 7.11 Å². The molecular formula is C14H16ClFN2O. The van der Waals surface area contributed by atoms with Gasteiger partial charge in [0.25, 0.3) is 0 Å². The Morgan fingerprint density at radius 3 is 2.84 bits per heavy atom. The molecule has 2 aromatic rings. The zero-order valence-corrected chi connectivity index (χ0v) is 11.7. The predicted molar refractivity (Wildman–Crippen MR) is 73.2 cm³/mol. The molecule has 1 unspecified atom stereocenters. The van der Waals surface area contributed by atoms with Crippen molar-refractivity contribution in [3.05, 3.63) is 23.8 Å². The van der Waals surface area contributed by atoms with Crippen molar-refractivity contribution in [3.63, 3.8) is 0 Å². The summed E-state index contributed by atoms with van der Waals surface area (Å²) in [6.07, 6.45) is 2.49. The van der Waals surface area contributed by atoms with Crippen molar-refractivity contribution in [2.45, 2.75) is 31.7 Å². The second-order valence-electron chi connectivity index (χ2n) is 5.12. The molecule has 1 aromatic heterocycles. The molecule has 1 heterocycles. The number of rotatable bonds is 4. The molecule has 102 valence electrons. The lowest BCUT2D eigenvalue weighted by Crippen LogP contribution is -2.06. The van der Waals surface area contributed by atoms with Crippen LogP contribution in [0.15, 0.2) is 12.1 Å². The van der Waals surface area contributed by atoms with Crippen molar-refractivity contribution in [2.24, 2.45) is 5.92 Å². The minimum Gasteiger partial charge on any atom is -0.494 e. The molecule has 3 nitrogen and oxygen atoms in total. The summed E-state index contributed by atoms with van der Waals surface area (Å²) in [5.41, 5.74) is 1.54. The first-order valence-electron chi connectivity index (χ1n) is 6.48. The first kappa shape index (κ1) is 12.7. The third-order valence-electron chi connectivity index (χ3n) is 3.54. The number of methoxy groups -OCH3 is 1. The van der Waals surface area contributed by atoms with Crippen molar-refractivity contribution in [1.29, 1.82) is 0 Å². The van der Waals surface area contributed by atoms with E-state index in [4.69, 9.17) is 16.3 Å². The van der Waals surface area contributed by atoms with Crippen LogP contribution in [0.4, 0.5) is 4.39 Å². The van der Waals surface area contributed by atoms with Gasteiger partial charge in [-0.05, 0) is 25.7 Å². The highest BCUT2D eigenvalue weighted by Crippen LogP contribution is 2.35. The van der Waals surface area contributed by atoms with E-state index in [-0.39, 0.29) is 16.9 Å². The third-order valence-corrected chi connectivity index (χ3v) is 3.74. The van der Waals surface area contributed by atoms with Crippen LogP contribution in [0.3, 0.4) is 0 Å². The minimum absolute atomic E-state index is 0.194. The largest absolute Gasteiger partial charge is 0.494 e. The van der Waals surface area contributed by atoms with Gasteiger partial charge in [0.1, 0.15) is 5.82 Å². The number of nitrogens with zero attached hydrogens (tertiary/aromatic N) is 2. The Kier molecular flexibility index (Phi) is 3.13. The highest BCUT2D eigenvalue weighted by Gasteiger charge is 2.26. The summed E-state index contributed by atoms with van der Waals surface area (Å²) >= 11 is 6.19. The lowest BCUT2D eigenvalue weighted by atomic mass is 10.2. The van der Waals surface area contributed by atoms with E-state index in [1.807, 2.05) is 6.92 Å². The van der Waals surface area contributed by atoms with E-state index in [0.29, 0.717) is 11.4 Å². The van der Waals surface area contributed by atoms with Crippen LogP contribution >= 0.6 is 11.6 Å². The number of hydrogen-bond acceptors (Lipinski definition) is 2. The van der Waals surface area contributed by atoms with Crippen LogP contribution < -0.4 is 4.74 Å². The first-order valence-corrected chi connectivity index (χ1v) is 6.91. The zero-order valence-electron chi connectivity index (χ0n) is 11.0. The second-order valence-corrected chi connectivity index (χ2v) is 5.77. The molecule has 1 fully saturated rings. The Bertz CT molecular complexity index is 619. The second kappa shape index (κ2) is 4.67. The van der Waals surface area contributed by atoms with Crippen molar-refractivity contribution >= 4 is 22.6 Å². The van der Waals surface area contributed by atoms with Gasteiger partial charge < -0.3 is 9.30 Å². The fourth-order valence-corrected chi connectivity index (χ4v) is 2.52. The van der Waals surface area contributed by atoms with Crippen LogP contribution in [0.25, 0.3) is 11.0 Å². The van der Waals surface area contributed by atoms with E-state index >= 15 is 0 Å². The highest BCUT2D eigenvalue weighted by atomic mass is 35.5. The molecule has 0 radical (unpaired) electrons. The van der Waals surface area contributed by atoms with Gasteiger partial charge in [-0.3, -0.25) is 0 Å². The molecule has 0 bridgehead atoms. The number of fused-ring (bicyclic) bond motifs is 1. The molecule has 0 amide bonds. The molecule has 1 aromatic carbocycles. The molecule has 0 aliphatic heterocycles. The Hall–Kier alpha value is -1.29. The van der Waals surface area contributed by atoms with E-state index in [0.717, 1.165) is 17.9 Å². The fourth-order valence-electron chi connectivity index (χ4n) is 2.36. The molecule has 0 N–H and O–H groups in total. The summed E-state index contributed by atoms with van der Waals surface area (Å²) in [4.78, 5) is 4.46. The molecular weight excluding hydrogens is 267 g/mol. The molecule has 3 rings (SSSR count). The van der Waals surface area contributed by atoms with E-state index in [2.05, 4.69) is 9.55 Å². The maximum atomic E-state index is 13.7. The predicted octanol–water partition coefficient (Wildman–Crippen LogP) is 3.89. The number of hydrogen-bond donors (Lipinski definition) is 0. The number of ether oxygens (including phenoxy) is 1. The SMILES string of the molecule is COc1cc2c(cc1F)nc(C(C)Cl)n2CC1CC1. The molecule has 5 heteroatoms. The van der Waals surface area contributed by atoms with Crippen LogP contribution in [0, 0.1) is 11.7 Å². The van der Waals surface area contributed by atoms with Crippen LogP contribution in [0.5, 0.6) is 5.75 Å². The van der Waals surface area contributed by atoms with Gasteiger partial charge in [-0.2, -0.15) is 0 Å². The van der Waals surface area contributed by atoms with Crippen LogP contribution in [-0.2, 0) is 6.54 Å². The van der Waals surface area contributed by atoms with Crippen LogP contribution in [0.1, 0.15) is 31.0 Å². The lowest BCUT2D eigenvalue weighted by molar-refractivity contribution is 0.387. The zero-order chi connectivity index (χ0) is 13.6. The maximum Gasteiger partial charge on any atom is 0.167 e. The molecule has 0 spiro atoms. The fraction of sp³-hybridized carbons (Fsp3) is 0.500. The Labute approximate surface area is 116 Å². The van der Waals surface area contributed by atoms with Gasteiger partial charge in [0.05, 0.1) is 23.5 Å². The standard InChI is InChI=1S/C14H16ClFN2O/c1-8(15)14-17-11-5-10(16)13(19-2)6-12(11)18(14)7-9-3-4-9/h5-6,8-9H,3-4,7H2,1-2H3. The Morgan fingerprint density at radius 2 is 2.26 bits per heavy atom.